The van der Waals surface area contributed by atoms with Crippen molar-refractivity contribution in [1.29, 1.82) is 10.5 Å². The van der Waals surface area contributed by atoms with E-state index in [0.717, 1.165) is 0 Å². The third-order valence-corrected chi connectivity index (χ3v) is 4.26. The summed E-state index contributed by atoms with van der Waals surface area (Å²) in [5.74, 6) is -0.145. The largest absolute Gasteiger partial charge is 0.489 e. The molecule has 6 nitrogen and oxygen atoms in total. The van der Waals surface area contributed by atoms with Crippen molar-refractivity contribution in [1.82, 2.24) is 4.98 Å². The van der Waals surface area contributed by atoms with Crippen LogP contribution in [0.3, 0.4) is 0 Å². The van der Waals surface area contributed by atoms with E-state index >= 15 is 0 Å². The van der Waals surface area contributed by atoms with E-state index in [1.54, 1.807) is 36.4 Å². The van der Waals surface area contributed by atoms with Gasteiger partial charge in [0, 0.05) is 16.1 Å². The first-order chi connectivity index (χ1) is 13.4. The van der Waals surface area contributed by atoms with Gasteiger partial charge in [-0.05, 0) is 29.8 Å². The molecule has 3 aromatic rings. The normalized spacial score (nSPS) is 10.1. The number of anilines is 1. The monoisotopic (exact) mass is 394 g/mol. The molecular formula is C20H12ClFN4O2. The van der Waals surface area contributed by atoms with Gasteiger partial charge in [0.2, 0.25) is 0 Å². The van der Waals surface area contributed by atoms with Gasteiger partial charge in [0.15, 0.2) is 0 Å². The number of nitriles is 2. The Morgan fingerprint density at radius 1 is 1.11 bits per heavy atom. The van der Waals surface area contributed by atoms with Gasteiger partial charge in [-0.25, -0.2) is 4.39 Å². The Kier molecular flexibility index (Phi) is 5.30. The summed E-state index contributed by atoms with van der Waals surface area (Å²) in [6, 6.07) is 14.4. The number of aromatic amines is 1. The number of H-pyrrole nitrogens is 1. The molecule has 1 heterocycles. The predicted octanol–water partition coefficient (Wildman–Crippen LogP) is 3.74. The van der Waals surface area contributed by atoms with E-state index in [9.17, 15) is 19.7 Å². The quantitative estimate of drug-likeness (QED) is 0.699. The number of benzene rings is 2. The number of aromatic nitrogens is 1. The fourth-order valence-electron chi connectivity index (χ4n) is 2.65. The van der Waals surface area contributed by atoms with Crippen LogP contribution in [0.5, 0.6) is 5.75 Å². The summed E-state index contributed by atoms with van der Waals surface area (Å²) in [5, 5.41) is 18.9. The summed E-state index contributed by atoms with van der Waals surface area (Å²) in [4.78, 5) is 14.3. The highest BCUT2D eigenvalue weighted by Gasteiger charge is 2.18. The van der Waals surface area contributed by atoms with Crippen LogP contribution in [-0.2, 0) is 6.61 Å². The zero-order valence-corrected chi connectivity index (χ0v) is 15.0. The minimum Gasteiger partial charge on any atom is -0.489 e. The van der Waals surface area contributed by atoms with E-state index in [1.165, 1.54) is 12.1 Å². The van der Waals surface area contributed by atoms with Crippen LogP contribution in [0.1, 0.15) is 16.7 Å². The van der Waals surface area contributed by atoms with Crippen LogP contribution in [0.25, 0.3) is 11.1 Å². The van der Waals surface area contributed by atoms with E-state index in [4.69, 9.17) is 22.1 Å². The second-order valence-corrected chi connectivity index (χ2v) is 6.20. The average Bonchev–Trinajstić information content (AvgIpc) is 2.67. The fourth-order valence-corrected chi connectivity index (χ4v) is 2.81. The number of ether oxygens (including phenoxy) is 1. The van der Waals surface area contributed by atoms with Gasteiger partial charge in [0.05, 0.1) is 0 Å². The number of nitrogens with one attached hydrogen (secondary N) is 1. The SMILES string of the molecule is N#Cc1c(N)[nH]c(=O)c(C#N)c1-c1ccc(OCc2ccc(Cl)cc2F)cc1. The summed E-state index contributed by atoms with van der Waals surface area (Å²) in [6.07, 6.45) is 0. The van der Waals surface area contributed by atoms with Crippen molar-refractivity contribution in [3.8, 4) is 29.0 Å². The van der Waals surface area contributed by atoms with Crippen LogP contribution in [0, 0.1) is 28.5 Å². The first-order valence-corrected chi connectivity index (χ1v) is 8.35. The molecule has 1 aromatic heterocycles. The van der Waals surface area contributed by atoms with E-state index in [-0.39, 0.29) is 29.1 Å². The molecule has 0 saturated carbocycles. The molecule has 0 spiro atoms. The Morgan fingerprint density at radius 2 is 1.79 bits per heavy atom. The predicted molar refractivity (Wildman–Crippen MR) is 102 cm³/mol. The average molecular weight is 395 g/mol. The van der Waals surface area contributed by atoms with Crippen molar-refractivity contribution < 1.29 is 9.13 Å². The molecule has 0 bridgehead atoms. The molecule has 3 N–H and O–H groups in total. The zero-order valence-electron chi connectivity index (χ0n) is 14.3. The number of hydrogen-bond acceptors (Lipinski definition) is 5. The molecule has 28 heavy (non-hydrogen) atoms. The number of hydrogen-bond donors (Lipinski definition) is 2. The molecule has 2 aromatic carbocycles. The van der Waals surface area contributed by atoms with Crippen molar-refractivity contribution in [2.75, 3.05) is 5.73 Å². The van der Waals surface area contributed by atoms with E-state index in [1.807, 2.05) is 6.07 Å². The summed E-state index contributed by atoms with van der Waals surface area (Å²) < 4.78 is 19.4. The van der Waals surface area contributed by atoms with Crippen molar-refractivity contribution >= 4 is 17.4 Å². The highest BCUT2D eigenvalue weighted by molar-refractivity contribution is 6.30. The molecule has 0 saturated heterocycles. The van der Waals surface area contributed by atoms with Crippen LogP contribution < -0.4 is 16.0 Å². The Hall–Kier alpha value is -3.81. The third kappa shape index (κ3) is 3.66. The molecule has 0 aliphatic rings. The van der Waals surface area contributed by atoms with Crippen molar-refractivity contribution in [2.24, 2.45) is 0 Å². The molecular weight excluding hydrogens is 383 g/mol. The standard InChI is InChI=1S/C20H12ClFN4O2/c21-13-4-1-12(17(22)7-13)10-28-14-5-2-11(3-6-14)18-15(8-23)19(25)26-20(27)16(18)9-24/h1-7H,10H2,(H3,25,26,27). The molecule has 0 unspecified atom stereocenters. The first kappa shape index (κ1) is 19.0. The summed E-state index contributed by atoms with van der Waals surface area (Å²) >= 11 is 5.72. The Balaban J connectivity index is 1.91. The molecule has 0 amide bonds. The lowest BCUT2D eigenvalue weighted by Gasteiger charge is -2.11. The van der Waals surface area contributed by atoms with E-state index in [0.29, 0.717) is 21.9 Å². The number of nitrogen functional groups attached to an aromatic ring is 1. The number of nitrogens with zero attached hydrogens (tertiary/aromatic N) is 2. The van der Waals surface area contributed by atoms with Gasteiger partial charge >= 0.3 is 0 Å². The summed E-state index contributed by atoms with van der Waals surface area (Å²) in [5.41, 5.74) is 5.78. The minimum absolute atomic E-state index is 0.00675. The van der Waals surface area contributed by atoms with Gasteiger partial charge in [-0.15, -0.1) is 0 Å². The van der Waals surface area contributed by atoms with Gasteiger partial charge in [-0.3, -0.25) is 4.79 Å². The lowest BCUT2D eigenvalue weighted by atomic mass is 9.96. The maximum absolute atomic E-state index is 13.8. The Bertz CT molecular complexity index is 1190. The molecule has 8 heteroatoms. The van der Waals surface area contributed by atoms with Crippen molar-refractivity contribution in [3.05, 3.63) is 80.3 Å². The highest BCUT2D eigenvalue weighted by Crippen LogP contribution is 2.29. The van der Waals surface area contributed by atoms with Gasteiger partial charge in [-0.1, -0.05) is 29.8 Å². The lowest BCUT2D eigenvalue weighted by molar-refractivity contribution is 0.300. The Labute approximate surface area is 164 Å². The maximum Gasteiger partial charge on any atom is 0.268 e. The number of rotatable bonds is 4. The second kappa shape index (κ2) is 7.83. The van der Waals surface area contributed by atoms with E-state index < -0.39 is 11.4 Å². The Morgan fingerprint density at radius 3 is 2.39 bits per heavy atom. The molecule has 0 aliphatic heterocycles. The summed E-state index contributed by atoms with van der Waals surface area (Å²) in [6.45, 7) is -0.00675. The highest BCUT2D eigenvalue weighted by atomic mass is 35.5. The molecule has 138 valence electrons. The lowest BCUT2D eigenvalue weighted by Crippen LogP contribution is -2.16. The number of halogens is 2. The number of pyridine rings is 1. The minimum atomic E-state index is -0.674. The van der Waals surface area contributed by atoms with Crippen molar-refractivity contribution in [3.63, 3.8) is 0 Å². The van der Waals surface area contributed by atoms with Crippen LogP contribution in [0.4, 0.5) is 10.2 Å². The van der Waals surface area contributed by atoms with Crippen LogP contribution >= 0.6 is 11.6 Å². The molecule has 3 rings (SSSR count). The van der Waals surface area contributed by atoms with Crippen LogP contribution in [0.2, 0.25) is 5.02 Å². The van der Waals surface area contributed by atoms with Gasteiger partial charge in [0.1, 0.15) is 47.3 Å². The third-order valence-electron chi connectivity index (χ3n) is 4.02. The fraction of sp³-hybridized carbons (Fsp3) is 0.0500. The van der Waals surface area contributed by atoms with Gasteiger partial charge < -0.3 is 15.5 Å². The molecule has 0 atom stereocenters. The van der Waals surface area contributed by atoms with Crippen LogP contribution in [0.15, 0.2) is 47.3 Å². The number of nitrogens with two attached hydrogens (primary N) is 1. The van der Waals surface area contributed by atoms with E-state index in [2.05, 4.69) is 4.98 Å². The molecule has 0 fully saturated rings. The topological polar surface area (TPSA) is 116 Å². The molecule has 0 aliphatic carbocycles. The summed E-state index contributed by atoms with van der Waals surface area (Å²) in [7, 11) is 0. The van der Waals surface area contributed by atoms with Gasteiger partial charge in [-0.2, -0.15) is 10.5 Å². The molecule has 0 radical (unpaired) electrons. The van der Waals surface area contributed by atoms with Crippen LogP contribution in [-0.4, -0.2) is 4.98 Å². The second-order valence-electron chi connectivity index (χ2n) is 5.77. The van der Waals surface area contributed by atoms with Crippen molar-refractivity contribution in [2.45, 2.75) is 6.61 Å². The maximum atomic E-state index is 13.8. The first-order valence-electron chi connectivity index (χ1n) is 7.97. The van der Waals surface area contributed by atoms with Gasteiger partial charge in [0.25, 0.3) is 5.56 Å². The smallest absolute Gasteiger partial charge is 0.268 e. The zero-order chi connectivity index (χ0) is 20.3.